The largest absolute Gasteiger partial charge is 0.272 e. The number of hydrogen-bond acceptors (Lipinski definition) is 3. The molecule has 1 aromatic rings. The lowest BCUT2D eigenvalue weighted by Crippen LogP contribution is -2.32. The SMILES string of the molecule is CC(C1CC1)N1N=C(c2ccc(Br)cn2)CC1=O. The lowest BCUT2D eigenvalue weighted by molar-refractivity contribution is -0.130. The molecule has 0 aromatic carbocycles. The summed E-state index contributed by atoms with van der Waals surface area (Å²) >= 11 is 3.35. The molecule has 1 aliphatic carbocycles. The Morgan fingerprint density at radius 1 is 1.44 bits per heavy atom. The minimum atomic E-state index is 0.0918. The Balaban J connectivity index is 1.83. The molecule has 2 heterocycles. The lowest BCUT2D eigenvalue weighted by Gasteiger charge is -2.19. The number of hydrogen-bond donors (Lipinski definition) is 0. The van der Waals surface area contributed by atoms with E-state index in [9.17, 15) is 4.79 Å². The highest BCUT2D eigenvalue weighted by atomic mass is 79.9. The van der Waals surface area contributed by atoms with E-state index in [2.05, 4.69) is 32.9 Å². The summed E-state index contributed by atoms with van der Waals surface area (Å²) in [6.07, 6.45) is 4.53. The third-order valence-electron chi connectivity index (χ3n) is 3.52. The number of carbonyl (C=O) groups excluding carboxylic acids is 1. The lowest BCUT2D eigenvalue weighted by atomic mass is 10.1. The molecule has 0 radical (unpaired) electrons. The zero-order valence-corrected chi connectivity index (χ0v) is 11.7. The van der Waals surface area contributed by atoms with E-state index in [0.29, 0.717) is 12.3 Å². The van der Waals surface area contributed by atoms with Gasteiger partial charge in [0.2, 0.25) is 5.91 Å². The second kappa shape index (κ2) is 4.46. The number of hydrazone groups is 1. The van der Waals surface area contributed by atoms with Crippen molar-refractivity contribution >= 4 is 27.5 Å². The van der Waals surface area contributed by atoms with Crippen LogP contribution in [0, 0.1) is 5.92 Å². The number of amides is 1. The molecule has 0 saturated heterocycles. The molecular weight excluding hydrogens is 294 g/mol. The molecule has 0 N–H and O–H groups in total. The second-order valence-electron chi connectivity index (χ2n) is 4.90. The summed E-state index contributed by atoms with van der Waals surface area (Å²) in [7, 11) is 0. The van der Waals surface area contributed by atoms with Crippen molar-refractivity contribution in [3.05, 3.63) is 28.5 Å². The smallest absolute Gasteiger partial charge is 0.249 e. The molecule has 1 unspecified atom stereocenters. The van der Waals surface area contributed by atoms with Crippen molar-refractivity contribution in [2.24, 2.45) is 11.0 Å². The highest BCUT2D eigenvalue weighted by Crippen LogP contribution is 2.36. The molecule has 1 amide bonds. The number of rotatable bonds is 3. The molecule has 1 aliphatic heterocycles. The fourth-order valence-electron chi connectivity index (χ4n) is 2.23. The minimum Gasteiger partial charge on any atom is -0.272 e. The van der Waals surface area contributed by atoms with E-state index in [-0.39, 0.29) is 11.9 Å². The predicted octanol–water partition coefficient (Wildman–Crippen LogP) is 2.58. The van der Waals surface area contributed by atoms with Crippen molar-refractivity contribution in [3.63, 3.8) is 0 Å². The van der Waals surface area contributed by atoms with E-state index < -0.39 is 0 Å². The van der Waals surface area contributed by atoms with Crippen LogP contribution in [0.1, 0.15) is 31.9 Å². The molecule has 0 spiro atoms. The van der Waals surface area contributed by atoms with Gasteiger partial charge in [0.05, 0.1) is 23.9 Å². The van der Waals surface area contributed by atoms with Crippen molar-refractivity contribution in [1.29, 1.82) is 0 Å². The van der Waals surface area contributed by atoms with Crippen molar-refractivity contribution in [1.82, 2.24) is 9.99 Å². The van der Waals surface area contributed by atoms with Gasteiger partial charge in [0.25, 0.3) is 0 Å². The van der Waals surface area contributed by atoms with Crippen molar-refractivity contribution in [2.45, 2.75) is 32.2 Å². The average molecular weight is 308 g/mol. The van der Waals surface area contributed by atoms with Crippen LogP contribution in [0.5, 0.6) is 0 Å². The van der Waals surface area contributed by atoms with Gasteiger partial charge in [0.1, 0.15) is 0 Å². The van der Waals surface area contributed by atoms with Crippen molar-refractivity contribution in [3.8, 4) is 0 Å². The fourth-order valence-corrected chi connectivity index (χ4v) is 2.46. The molecule has 3 rings (SSSR count). The van der Waals surface area contributed by atoms with E-state index in [0.717, 1.165) is 15.9 Å². The minimum absolute atomic E-state index is 0.0918. The van der Waals surface area contributed by atoms with E-state index in [1.54, 1.807) is 11.2 Å². The fraction of sp³-hybridized carbons (Fsp3) is 0.462. The second-order valence-corrected chi connectivity index (χ2v) is 5.82. The summed E-state index contributed by atoms with van der Waals surface area (Å²) in [4.78, 5) is 16.3. The first-order chi connectivity index (χ1) is 8.65. The van der Waals surface area contributed by atoms with E-state index in [1.165, 1.54) is 12.8 Å². The number of halogens is 1. The van der Waals surface area contributed by atoms with E-state index in [1.807, 2.05) is 12.1 Å². The number of pyridine rings is 1. The topological polar surface area (TPSA) is 45.6 Å². The Labute approximate surface area is 114 Å². The van der Waals surface area contributed by atoms with Gasteiger partial charge in [-0.05, 0) is 53.7 Å². The van der Waals surface area contributed by atoms with Crippen molar-refractivity contribution in [2.75, 3.05) is 0 Å². The molecular formula is C13H14BrN3O. The maximum Gasteiger partial charge on any atom is 0.249 e. The predicted molar refractivity (Wildman–Crippen MR) is 72.1 cm³/mol. The van der Waals surface area contributed by atoms with Crippen LogP contribution in [0.3, 0.4) is 0 Å². The van der Waals surface area contributed by atoms with Gasteiger partial charge in [-0.25, -0.2) is 5.01 Å². The van der Waals surface area contributed by atoms with Crippen LogP contribution < -0.4 is 0 Å². The Kier molecular flexibility index (Phi) is 2.93. The highest BCUT2D eigenvalue weighted by molar-refractivity contribution is 9.10. The number of carbonyl (C=O) groups is 1. The summed E-state index contributed by atoms with van der Waals surface area (Å²) in [5, 5.41) is 6.10. The summed E-state index contributed by atoms with van der Waals surface area (Å²) in [6, 6.07) is 4.04. The van der Waals surface area contributed by atoms with Crippen molar-refractivity contribution < 1.29 is 4.79 Å². The first-order valence-corrected chi connectivity index (χ1v) is 6.96. The van der Waals surface area contributed by atoms with Gasteiger partial charge < -0.3 is 0 Å². The Morgan fingerprint density at radius 2 is 2.22 bits per heavy atom. The standard InChI is InChI=1S/C13H14BrN3O/c1-8(9-2-3-9)17-13(18)6-12(16-17)11-5-4-10(14)7-15-11/h4-5,7-9H,2-3,6H2,1H3. The number of aromatic nitrogens is 1. The van der Waals surface area contributed by atoms with Crippen LogP contribution in [0.4, 0.5) is 0 Å². The van der Waals surface area contributed by atoms with Crippen LogP contribution >= 0.6 is 15.9 Å². The normalized spacial score (nSPS) is 21.1. The molecule has 1 saturated carbocycles. The molecule has 94 valence electrons. The van der Waals surface area contributed by atoms with Crippen LogP contribution in [-0.4, -0.2) is 27.7 Å². The van der Waals surface area contributed by atoms with Crippen LogP contribution in [0.15, 0.2) is 27.9 Å². The quantitative estimate of drug-likeness (QED) is 0.861. The van der Waals surface area contributed by atoms with Gasteiger partial charge in [-0.1, -0.05) is 0 Å². The molecule has 1 aromatic heterocycles. The van der Waals surface area contributed by atoms with Crippen LogP contribution in [0.25, 0.3) is 0 Å². The summed E-state index contributed by atoms with van der Waals surface area (Å²) in [5.41, 5.74) is 1.57. The van der Waals surface area contributed by atoms with Crippen LogP contribution in [-0.2, 0) is 4.79 Å². The molecule has 4 nitrogen and oxygen atoms in total. The zero-order chi connectivity index (χ0) is 12.7. The molecule has 1 atom stereocenters. The van der Waals surface area contributed by atoms with Crippen LogP contribution in [0.2, 0.25) is 0 Å². The van der Waals surface area contributed by atoms with Gasteiger partial charge in [-0.15, -0.1) is 0 Å². The summed E-state index contributed by atoms with van der Waals surface area (Å²) < 4.78 is 0.930. The first kappa shape index (κ1) is 11.8. The third-order valence-corrected chi connectivity index (χ3v) is 3.98. The summed E-state index contributed by atoms with van der Waals surface area (Å²) in [5.74, 6) is 0.726. The highest BCUT2D eigenvalue weighted by Gasteiger charge is 2.37. The molecule has 2 aliphatic rings. The zero-order valence-electron chi connectivity index (χ0n) is 10.1. The molecule has 5 heteroatoms. The Bertz CT molecular complexity index is 507. The molecule has 1 fully saturated rings. The first-order valence-electron chi connectivity index (χ1n) is 6.16. The maximum atomic E-state index is 12.0. The Morgan fingerprint density at radius 3 is 2.83 bits per heavy atom. The van der Waals surface area contributed by atoms with Gasteiger partial charge in [-0.3, -0.25) is 9.78 Å². The van der Waals surface area contributed by atoms with Gasteiger partial charge in [-0.2, -0.15) is 5.10 Å². The molecule has 0 bridgehead atoms. The van der Waals surface area contributed by atoms with E-state index >= 15 is 0 Å². The third kappa shape index (κ3) is 2.19. The Hall–Kier alpha value is -1.23. The monoisotopic (exact) mass is 307 g/mol. The summed E-state index contributed by atoms with van der Waals surface area (Å²) in [6.45, 7) is 2.08. The maximum absolute atomic E-state index is 12.0. The number of nitrogens with zero attached hydrogens (tertiary/aromatic N) is 3. The van der Waals surface area contributed by atoms with Gasteiger partial charge in [0.15, 0.2) is 0 Å². The van der Waals surface area contributed by atoms with E-state index in [4.69, 9.17) is 0 Å². The average Bonchev–Trinajstić information content (AvgIpc) is 3.13. The molecule has 18 heavy (non-hydrogen) atoms. The van der Waals surface area contributed by atoms with Gasteiger partial charge in [0, 0.05) is 10.7 Å². The van der Waals surface area contributed by atoms with Gasteiger partial charge >= 0.3 is 0 Å².